The van der Waals surface area contributed by atoms with E-state index in [9.17, 15) is 14.4 Å². The standard InChI is InChI=1S/C15H13O3P.2Na/c16-19(17,18)10-14-7-3-6-13-8-11-4-1-2-5-12(11)9-15(13)14;;/h1-9H,10H2,(H2,16,17,18);;/q;2*+1/p-2. The Morgan fingerprint density at radius 2 is 1.38 bits per heavy atom. The van der Waals surface area contributed by atoms with E-state index in [1.54, 1.807) is 12.1 Å². The molecule has 0 amide bonds. The van der Waals surface area contributed by atoms with Crippen LogP contribution in [0.15, 0.2) is 54.6 Å². The minimum absolute atomic E-state index is 0. The fraction of sp³-hybridized carbons (Fsp3) is 0.0667. The quantitative estimate of drug-likeness (QED) is 0.279. The number of hydrogen-bond acceptors (Lipinski definition) is 3. The molecule has 3 rings (SSSR count). The summed E-state index contributed by atoms with van der Waals surface area (Å²) in [5.41, 5.74) is 0.566. The van der Waals surface area contributed by atoms with Crippen LogP contribution in [0.4, 0.5) is 0 Å². The van der Waals surface area contributed by atoms with Crippen molar-refractivity contribution in [2.75, 3.05) is 0 Å². The zero-order chi connectivity index (χ0) is 13.5. The summed E-state index contributed by atoms with van der Waals surface area (Å²) in [5, 5.41) is 3.91. The zero-order valence-electron chi connectivity index (χ0n) is 12.1. The molecular weight excluding hydrogens is 305 g/mol. The van der Waals surface area contributed by atoms with Crippen LogP contribution in [0.5, 0.6) is 0 Å². The molecule has 0 saturated heterocycles. The van der Waals surface area contributed by atoms with E-state index in [0.717, 1.165) is 21.5 Å². The third kappa shape index (κ3) is 4.65. The minimum Gasteiger partial charge on any atom is -0.810 e. The molecule has 3 aromatic rings. The smallest absolute Gasteiger partial charge is 0.810 e. The monoisotopic (exact) mass is 316 g/mol. The summed E-state index contributed by atoms with van der Waals surface area (Å²) < 4.78 is 11.0. The Kier molecular flexibility index (Phi) is 7.14. The van der Waals surface area contributed by atoms with Crippen LogP contribution in [-0.2, 0) is 10.7 Å². The molecule has 0 spiro atoms. The van der Waals surface area contributed by atoms with Crippen LogP contribution in [0.2, 0.25) is 0 Å². The third-order valence-corrected chi connectivity index (χ3v) is 3.93. The van der Waals surface area contributed by atoms with E-state index < -0.39 is 13.8 Å². The summed E-state index contributed by atoms with van der Waals surface area (Å²) in [6, 6.07) is 17.2. The topological polar surface area (TPSA) is 63.2 Å². The molecule has 21 heavy (non-hydrogen) atoms. The third-order valence-electron chi connectivity index (χ3n) is 3.20. The SMILES string of the molecule is O=P([O-])([O-])Cc1cccc2cc3ccccc3cc12.[Na+].[Na+]. The van der Waals surface area contributed by atoms with Gasteiger partial charge in [-0.05, 0) is 39.2 Å². The molecule has 0 unspecified atom stereocenters. The Morgan fingerprint density at radius 3 is 2.00 bits per heavy atom. The van der Waals surface area contributed by atoms with E-state index in [1.807, 2.05) is 42.5 Å². The van der Waals surface area contributed by atoms with E-state index in [0.29, 0.717) is 5.56 Å². The van der Waals surface area contributed by atoms with Gasteiger partial charge in [-0.15, -0.1) is 0 Å². The van der Waals surface area contributed by atoms with Gasteiger partial charge < -0.3 is 14.4 Å². The molecule has 96 valence electrons. The van der Waals surface area contributed by atoms with Gasteiger partial charge in [-0.2, -0.15) is 0 Å². The van der Waals surface area contributed by atoms with Crippen molar-refractivity contribution in [1.29, 1.82) is 0 Å². The van der Waals surface area contributed by atoms with Crippen LogP contribution in [0.25, 0.3) is 21.5 Å². The van der Waals surface area contributed by atoms with Gasteiger partial charge in [-0.3, -0.25) is 0 Å². The zero-order valence-corrected chi connectivity index (χ0v) is 17.0. The number of rotatable bonds is 2. The van der Waals surface area contributed by atoms with Crippen LogP contribution in [-0.4, -0.2) is 0 Å². The van der Waals surface area contributed by atoms with E-state index >= 15 is 0 Å². The molecule has 3 nitrogen and oxygen atoms in total. The Morgan fingerprint density at radius 1 is 0.810 bits per heavy atom. The van der Waals surface area contributed by atoms with E-state index in [1.165, 1.54) is 0 Å². The molecule has 0 atom stereocenters. The average molecular weight is 316 g/mol. The van der Waals surface area contributed by atoms with Crippen molar-refractivity contribution >= 4 is 29.1 Å². The molecule has 0 heterocycles. The largest absolute Gasteiger partial charge is 1.00 e. The van der Waals surface area contributed by atoms with Gasteiger partial charge in [0.05, 0.1) is 0 Å². The van der Waals surface area contributed by atoms with Crippen molar-refractivity contribution < 1.29 is 73.5 Å². The molecule has 0 aromatic heterocycles. The Balaban J connectivity index is 0.00000110. The fourth-order valence-electron chi connectivity index (χ4n) is 2.38. The van der Waals surface area contributed by atoms with Crippen molar-refractivity contribution in [3.63, 3.8) is 0 Å². The molecule has 6 heteroatoms. The van der Waals surface area contributed by atoms with Crippen LogP contribution >= 0.6 is 7.60 Å². The summed E-state index contributed by atoms with van der Waals surface area (Å²) in [6.07, 6.45) is -0.442. The summed E-state index contributed by atoms with van der Waals surface area (Å²) in [5.74, 6) is 0. The maximum absolute atomic E-state index is 11.0. The molecule has 0 aliphatic heterocycles. The number of fused-ring (bicyclic) bond motifs is 2. The van der Waals surface area contributed by atoms with Crippen LogP contribution in [0.3, 0.4) is 0 Å². The van der Waals surface area contributed by atoms with E-state index in [4.69, 9.17) is 0 Å². The van der Waals surface area contributed by atoms with Crippen LogP contribution < -0.4 is 68.9 Å². The average Bonchev–Trinajstić information content (AvgIpc) is 2.35. The van der Waals surface area contributed by atoms with Gasteiger partial charge in [0, 0.05) is 6.16 Å². The molecule has 0 saturated carbocycles. The molecule has 3 aromatic carbocycles. The first-order chi connectivity index (χ1) is 9.03. The van der Waals surface area contributed by atoms with Crippen molar-refractivity contribution in [1.82, 2.24) is 0 Å². The van der Waals surface area contributed by atoms with E-state index in [2.05, 4.69) is 0 Å². The van der Waals surface area contributed by atoms with Gasteiger partial charge in [0.1, 0.15) is 0 Å². The number of benzene rings is 3. The second-order valence-corrected chi connectivity index (χ2v) is 6.14. The molecule has 0 fully saturated rings. The number of hydrogen-bond donors (Lipinski definition) is 0. The summed E-state index contributed by atoms with van der Waals surface area (Å²) >= 11 is 0. The van der Waals surface area contributed by atoms with Gasteiger partial charge in [0.15, 0.2) is 0 Å². The van der Waals surface area contributed by atoms with Gasteiger partial charge in [0.2, 0.25) is 0 Å². The van der Waals surface area contributed by atoms with Gasteiger partial charge >= 0.3 is 59.1 Å². The van der Waals surface area contributed by atoms with E-state index in [-0.39, 0.29) is 59.1 Å². The molecular formula is C15H11Na2O3P. The van der Waals surface area contributed by atoms with Gasteiger partial charge in [-0.1, -0.05) is 50.1 Å². The summed E-state index contributed by atoms with van der Waals surface area (Å²) in [6.45, 7) is 0. The van der Waals surface area contributed by atoms with Crippen molar-refractivity contribution in [2.45, 2.75) is 6.16 Å². The van der Waals surface area contributed by atoms with Crippen LogP contribution in [0, 0.1) is 0 Å². The van der Waals surface area contributed by atoms with Crippen molar-refractivity contribution in [2.24, 2.45) is 0 Å². The Labute approximate surface area is 167 Å². The van der Waals surface area contributed by atoms with Gasteiger partial charge in [0.25, 0.3) is 0 Å². The van der Waals surface area contributed by atoms with Crippen LogP contribution in [0.1, 0.15) is 5.56 Å². The van der Waals surface area contributed by atoms with Gasteiger partial charge in [-0.25, -0.2) is 0 Å². The predicted octanol–water partition coefficient (Wildman–Crippen LogP) is -3.59. The second-order valence-electron chi connectivity index (χ2n) is 4.61. The molecule has 0 aliphatic carbocycles. The molecule has 0 aliphatic rings. The molecule has 0 N–H and O–H groups in total. The first-order valence-corrected chi connectivity index (χ1v) is 7.67. The first-order valence-electron chi connectivity index (χ1n) is 5.94. The van der Waals surface area contributed by atoms with Crippen molar-refractivity contribution in [3.8, 4) is 0 Å². The summed E-state index contributed by atoms with van der Waals surface area (Å²) in [4.78, 5) is 22.0. The fourth-order valence-corrected chi connectivity index (χ4v) is 3.07. The van der Waals surface area contributed by atoms with Crippen molar-refractivity contribution in [3.05, 3.63) is 60.2 Å². The maximum atomic E-state index is 11.0. The Hall–Kier alpha value is 0.330. The molecule has 0 bridgehead atoms. The predicted molar refractivity (Wildman–Crippen MR) is 72.8 cm³/mol. The molecule has 0 radical (unpaired) electrons. The maximum Gasteiger partial charge on any atom is 1.00 e. The summed E-state index contributed by atoms with van der Waals surface area (Å²) in [7, 11) is -4.55. The second kappa shape index (κ2) is 7.74. The Bertz CT molecular complexity index is 814. The normalized spacial score (nSPS) is 11.0. The first kappa shape index (κ1) is 19.4. The minimum atomic E-state index is -4.55.